The van der Waals surface area contributed by atoms with Crippen molar-refractivity contribution in [1.82, 2.24) is 0 Å². The highest BCUT2D eigenvalue weighted by molar-refractivity contribution is 6.03. The van der Waals surface area contributed by atoms with Gasteiger partial charge in [0.05, 0.1) is 11.1 Å². The molecule has 0 amide bonds. The molecule has 0 saturated carbocycles. The van der Waals surface area contributed by atoms with Gasteiger partial charge in [0.2, 0.25) is 5.69 Å². The summed E-state index contributed by atoms with van der Waals surface area (Å²) in [5, 5.41) is 0. The lowest BCUT2D eigenvalue weighted by Gasteiger charge is -2.32. The number of Topliss-reactive ketones (excluding diaryl/α,β-unsaturated/α-hetero) is 2. The average molecular weight is 362 g/mol. The van der Waals surface area contributed by atoms with Crippen molar-refractivity contribution in [3.05, 3.63) is 58.4 Å². The fourth-order valence-corrected chi connectivity index (χ4v) is 4.64. The molecule has 140 valence electrons. The number of ketones is 2. The molecule has 0 unspecified atom stereocenters. The van der Waals surface area contributed by atoms with Crippen LogP contribution in [-0.4, -0.2) is 11.6 Å². The molecule has 0 atom stereocenters. The van der Waals surface area contributed by atoms with Crippen LogP contribution in [0.3, 0.4) is 0 Å². The van der Waals surface area contributed by atoms with Crippen LogP contribution in [0.25, 0.3) is 5.69 Å². The molecular weight excluding hydrogens is 334 g/mol. The lowest BCUT2D eigenvalue weighted by atomic mass is 9.71. The number of hydrogen-bond donors (Lipinski definition) is 0. The monoisotopic (exact) mass is 362 g/mol. The highest BCUT2D eigenvalue weighted by Gasteiger charge is 2.44. The molecule has 4 rings (SSSR count). The minimum atomic E-state index is -0.0705. The van der Waals surface area contributed by atoms with E-state index in [1.165, 1.54) is 5.56 Å². The number of pyridine rings is 1. The molecule has 3 nitrogen and oxygen atoms in total. The summed E-state index contributed by atoms with van der Waals surface area (Å²) in [6.07, 6.45) is 2.74. The molecule has 1 aromatic heterocycles. The number of hydrogen-bond acceptors (Lipinski definition) is 2. The standard InChI is InChI=1S/C24H28NO2/c1-15-6-8-16(9-7-15)25-19-11-23(2,3)13-21(26)17(19)10-18-20(25)12-24(4,5)14-22(18)27/h6-10H,11-14H2,1-5H3/q+1. The molecule has 0 bridgehead atoms. The van der Waals surface area contributed by atoms with Crippen LogP contribution >= 0.6 is 0 Å². The predicted molar refractivity (Wildman–Crippen MR) is 106 cm³/mol. The number of fused-ring (bicyclic) bond motifs is 2. The van der Waals surface area contributed by atoms with Gasteiger partial charge in [0, 0.05) is 37.8 Å². The summed E-state index contributed by atoms with van der Waals surface area (Å²) >= 11 is 0. The van der Waals surface area contributed by atoms with Gasteiger partial charge in [0.1, 0.15) is 0 Å². The fourth-order valence-electron chi connectivity index (χ4n) is 4.64. The van der Waals surface area contributed by atoms with E-state index in [1.54, 1.807) is 0 Å². The fraction of sp³-hybridized carbons (Fsp3) is 0.458. The van der Waals surface area contributed by atoms with Gasteiger partial charge in [-0.3, -0.25) is 9.59 Å². The van der Waals surface area contributed by atoms with E-state index in [0.29, 0.717) is 12.8 Å². The van der Waals surface area contributed by atoms with E-state index >= 15 is 0 Å². The van der Waals surface area contributed by atoms with E-state index in [-0.39, 0.29) is 22.4 Å². The summed E-state index contributed by atoms with van der Waals surface area (Å²) in [5.41, 5.74) is 5.70. The third-order valence-corrected chi connectivity index (χ3v) is 5.91. The van der Waals surface area contributed by atoms with E-state index in [0.717, 1.165) is 41.0 Å². The summed E-state index contributed by atoms with van der Waals surface area (Å²) in [6.45, 7) is 10.7. The zero-order valence-electron chi connectivity index (χ0n) is 17.0. The first-order chi connectivity index (χ1) is 12.6. The molecule has 0 saturated heterocycles. The van der Waals surface area contributed by atoms with Gasteiger partial charge in [-0.2, -0.15) is 4.57 Å². The lowest BCUT2D eigenvalue weighted by Crippen LogP contribution is -2.50. The van der Waals surface area contributed by atoms with Crippen molar-refractivity contribution in [2.75, 3.05) is 0 Å². The van der Waals surface area contributed by atoms with Crippen LogP contribution in [0.2, 0.25) is 0 Å². The first-order valence-corrected chi connectivity index (χ1v) is 9.81. The van der Waals surface area contributed by atoms with Crippen LogP contribution in [0.1, 0.15) is 78.2 Å². The quantitative estimate of drug-likeness (QED) is 0.696. The highest BCUT2D eigenvalue weighted by Crippen LogP contribution is 2.38. The molecule has 0 fully saturated rings. The van der Waals surface area contributed by atoms with E-state index in [2.05, 4.69) is 63.5 Å². The number of rotatable bonds is 1. The van der Waals surface area contributed by atoms with Crippen molar-refractivity contribution in [2.24, 2.45) is 10.8 Å². The molecule has 2 aromatic rings. The van der Waals surface area contributed by atoms with Gasteiger partial charge in [-0.05, 0) is 23.8 Å². The SMILES string of the molecule is Cc1ccc(-[n+]2c3c(cc4c2CC(C)(C)CC4=O)C(=O)CC(C)(C)C3)cc1. The molecular formula is C24H28NO2+. The second kappa shape index (κ2) is 5.85. The Kier molecular flexibility index (Phi) is 3.92. The molecule has 2 aliphatic rings. The van der Waals surface area contributed by atoms with Crippen LogP contribution in [-0.2, 0) is 12.8 Å². The van der Waals surface area contributed by atoms with Gasteiger partial charge < -0.3 is 0 Å². The summed E-state index contributed by atoms with van der Waals surface area (Å²) < 4.78 is 2.22. The maximum Gasteiger partial charge on any atom is 0.211 e. The van der Waals surface area contributed by atoms with Crippen LogP contribution in [0.15, 0.2) is 30.3 Å². The Labute approximate surface area is 161 Å². The molecule has 3 heteroatoms. The Morgan fingerprint density at radius 1 is 0.741 bits per heavy atom. The minimum absolute atomic E-state index is 0.0705. The third kappa shape index (κ3) is 3.13. The number of nitrogens with zero attached hydrogens (tertiary/aromatic N) is 1. The molecule has 0 aliphatic heterocycles. The minimum Gasteiger partial charge on any atom is -0.294 e. The number of aryl methyl sites for hydroxylation is 1. The second-order valence-corrected chi connectivity index (χ2v) is 9.92. The predicted octanol–water partition coefficient (Wildman–Crippen LogP) is 4.58. The Bertz CT molecular complexity index is 911. The van der Waals surface area contributed by atoms with Crippen molar-refractivity contribution in [3.8, 4) is 5.69 Å². The lowest BCUT2D eigenvalue weighted by molar-refractivity contribution is -0.615. The van der Waals surface area contributed by atoms with Gasteiger partial charge in [-0.1, -0.05) is 45.4 Å². The highest BCUT2D eigenvalue weighted by atomic mass is 16.1. The summed E-state index contributed by atoms with van der Waals surface area (Å²) in [4.78, 5) is 25.9. The maximum atomic E-state index is 12.9. The van der Waals surface area contributed by atoms with Gasteiger partial charge in [-0.15, -0.1) is 0 Å². The van der Waals surface area contributed by atoms with E-state index < -0.39 is 0 Å². The van der Waals surface area contributed by atoms with Gasteiger partial charge in [0.25, 0.3) is 0 Å². The number of carbonyl (C=O) groups excluding carboxylic acids is 2. The van der Waals surface area contributed by atoms with Crippen LogP contribution in [0.4, 0.5) is 0 Å². The van der Waals surface area contributed by atoms with Gasteiger partial charge in [0.15, 0.2) is 23.0 Å². The molecule has 1 heterocycles. The molecule has 0 radical (unpaired) electrons. The zero-order valence-corrected chi connectivity index (χ0v) is 17.0. The first-order valence-electron chi connectivity index (χ1n) is 9.81. The largest absolute Gasteiger partial charge is 0.294 e. The Hall–Kier alpha value is -2.29. The molecule has 27 heavy (non-hydrogen) atoms. The third-order valence-electron chi connectivity index (χ3n) is 5.91. The topological polar surface area (TPSA) is 38.0 Å². The maximum absolute atomic E-state index is 12.9. The average Bonchev–Trinajstić information content (AvgIpc) is 2.53. The Morgan fingerprint density at radius 2 is 1.19 bits per heavy atom. The normalized spacial score (nSPS) is 20.2. The number of carbonyl (C=O) groups is 2. The zero-order chi connectivity index (χ0) is 19.6. The van der Waals surface area contributed by atoms with E-state index in [1.807, 2.05) is 6.07 Å². The van der Waals surface area contributed by atoms with Gasteiger partial charge >= 0.3 is 0 Å². The molecule has 1 aromatic carbocycles. The molecule has 0 spiro atoms. The van der Waals surface area contributed by atoms with Crippen molar-refractivity contribution in [2.45, 2.75) is 60.3 Å². The first kappa shape index (κ1) is 18.1. The van der Waals surface area contributed by atoms with Crippen LogP contribution < -0.4 is 4.57 Å². The van der Waals surface area contributed by atoms with Crippen LogP contribution in [0, 0.1) is 17.8 Å². The summed E-state index contributed by atoms with van der Waals surface area (Å²) in [5.74, 6) is 0.310. The van der Waals surface area contributed by atoms with Gasteiger partial charge in [-0.25, -0.2) is 0 Å². The smallest absolute Gasteiger partial charge is 0.211 e. The summed E-state index contributed by atoms with van der Waals surface area (Å²) in [6, 6.07) is 10.3. The Balaban J connectivity index is 2.06. The Morgan fingerprint density at radius 3 is 1.63 bits per heavy atom. The second-order valence-electron chi connectivity index (χ2n) is 9.92. The molecule has 2 aliphatic carbocycles. The number of aromatic nitrogens is 1. The summed E-state index contributed by atoms with van der Waals surface area (Å²) in [7, 11) is 0. The van der Waals surface area contributed by atoms with Crippen molar-refractivity contribution in [1.29, 1.82) is 0 Å². The molecule has 0 N–H and O–H groups in total. The van der Waals surface area contributed by atoms with Crippen LogP contribution in [0.5, 0.6) is 0 Å². The van der Waals surface area contributed by atoms with Crippen molar-refractivity contribution >= 4 is 11.6 Å². The van der Waals surface area contributed by atoms with Crippen molar-refractivity contribution in [3.63, 3.8) is 0 Å². The number of benzene rings is 1. The van der Waals surface area contributed by atoms with Crippen molar-refractivity contribution < 1.29 is 14.2 Å². The van der Waals surface area contributed by atoms with E-state index in [4.69, 9.17) is 0 Å². The van der Waals surface area contributed by atoms with E-state index in [9.17, 15) is 9.59 Å².